The summed E-state index contributed by atoms with van der Waals surface area (Å²) >= 11 is 0. The Balaban J connectivity index is 2.84. The van der Waals surface area contributed by atoms with Gasteiger partial charge in [0, 0.05) is 12.0 Å². The lowest BCUT2D eigenvalue weighted by molar-refractivity contribution is -0.150. The minimum atomic E-state index is -1.51. The number of amides is 1. The van der Waals surface area contributed by atoms with E-state index in [2.05, 4.69) is 15.3 Å². The summed E-state index contributed by atoms with van der Waals surface area (Å²) in [6.45, 7) is 0. The zero-order valence-corrected chi connectivity index (χ0v) is 7.36. The van der Waals surface area contributed by atoms with Crippen LogP contribution >= 0.6 is 0 Å². The predicted molar refractivity (Wildman–Crippen MR) is 43.9 cm³/mol. The van der Waals surface area contributed by atoms with Gasteiger partial charge in [-0.15, -0.1) is 0 Å². The third kappa shape index (κ3) is 1.78. The second-order valence-electron chi connectivity index (χ2n) is 2.75. The molecule has 0 bridgehead atoms. The summed E-state index contributed by atoms with van der Waals surface area (Å²) in [6.07, 6.45) is -4.04. The molecule has 1 saturated heterocycles. The third-order valence-corrected chi connectivity index (χ3v) is 1.93. The van der Waals surface area contributed by atoms with Crippen molar-refractivity contribution < 1.29 is 19.7 Å². The Morgan fingerprint density at radius 2 is 2.29 bits per heavy atom. The molecule has 0 spiro atoms. The van der Waals surface area contributed by atoms with E-state index in [9.17, 15) is 9.90 Å². The average molecular weight is 202 g/mol. The van der Waals surface area contributed by atoms with Crippen molar-refractivity contribution in [2.75, 3.05) is 7.05 Å². The van der Waals surface area contributed by atoms with Gasteiger partial charge in [0.25, 0.3) is 0 Å². The van der Waals surface area contributed by atoms with Gasteiger partial charge in [0.15, 0.2) is 12.4 Å². The number of likely N-dealkylation sites (N-methyl/N-ethyl adjacent to an activating group) is 1. The Morgan fingerprint density at radius 1 is 1.64 bits per heavy atom. The first kappa shape index (κ1) is 10.7. The van der Waals surface area contributed by atoms with E-state index in [-0.39, 0.29) is 0 Å². The Morgan fingerprint density at radius 3 is 2.79 bits per heavy atom. The molecule has 0 saturated carbocycles. The van der Waals surface area contributed by atoms with E-state index in [1.807, 2.05) is 0 Å². The molecule has 4 atom stereocenters. The molecule has 1 amide bonds. The van der Waals surface area contributed by atoms with Crippen LogP contribution in [0, 0.1) is 0 Å². The fraction of sp³-hybridized carbons (Fsp3) is 0.833. The van der Waals surface area contributed by atoms with Gasteiger partial charge < -0.3 is 20.3 Å². The van der Waals surface area contributed by atoms with Gasteiger partial charge in [0.05, 0.1) is 0 Å². The second-order valence-corrected chi connectivity index (χ2v) is 2.75. The van der Waals surface area contributed by atoms with Gasteiger partial charge in [-0.2, -0.15) is 0 Å². The Labute approximate surface area is 79.1 Å². The summed E-state index contributed by atoms with van der Waals surface area (Å²) in [5.41, 5.74) is 8.18. The van der Waals surface area contributed by atoms with Crippen LogP contribution in [0.15, 0.2) is 5.11 Å². The lowest BCUT2D eigenvalue weighted by Gasteiger charge is -2.12. The summed E-state index contributed by atoms with van der Waals surface area (Å²) < 4.78 is 4.72. The fourth-order valence-electron chi connectivity index (χ4n) is 1.21. The first-order chi connectivity index (χ1) is 6.61. The van der Waals surface area contributed by atoms with Crippen LogP contribution in [-0.2, 0) is 9.53 Å². The van der Waals surface area contributed by atoms with Gasteiger partial charge in [-0.25, -0.2) is 0 Å². The van der Waals surface area contributed by atoms with Crippen LogP contribution in [0.2, 0.25) is 0 Å². The lowest BCUT2D eigenvalue weighted by atomic mass is 10.1. The molecule has 1 heterocycles. The fourth-order valence-corrected chi connectivity index (χ4v) is 1.21. The van der Waals surface area contributed by atoms with E-state index < -0.39 is 30.4 Å². The average Bonchev–Trinajstić information content (AvgIpc) is 2.45. The summed E-state index contributed by atoms with van der Waals surface area (Å²) in [5.74, 6) is -0.557. The van der Waals surface area contributed by atoms with Crippen molar-refractivity contribution >= 4 is 5.91 Å². The molecule has 1 fully saturated rings. The van der Waals surface area contributed by atoms with Crippen LogP contribution in [0.5, 0.6) is 0 Å². The molecule has 1 unspecified atom stereocenters. The number of carbonyl (C=O) groups excluding carboxylic acids is 1. The number of aliphatic hydroxyl groups is 2. The molecule has 1 aliphatic heterocycles. The molecule has 0 aromatic heterocycles. The van der Waals surface area contributed by atoms with Crippen molar-refractivity contribution in [3.63, 3.8) is 0 Å². The van der Waals surface area contributed by atoms with Crippen LogP contribution in [0.25, 0.3) is 10.4 Å². The SMILES string of the molecule is CNC(=O)[C@H]1OC(O)[C@H](O)[C@@H]1N=[N+]=[N-]. The van der Waals surface area contributed by atoms with E-state index in [0.29, 0.717) is 0 Å². The second kappa shape index (κ2) is 4.25. The van der Waals surface area contributed by atoms with Crippen LogP contribution in [0.1, 0.15) is 0 Å². The molecule has 0 aromatic rings. The van der Waals surface area contributed by atoms with Crippen molar-refractivity contribution in [2.45, 2.75) is 24.5 Å². The van der Waals surface area contributed by atoms with Crippen LogP contribution < -0.4 is 5.32 Å². The van der Waals surface area contributed by atoms with Crippen molar-refractivity contribution in [3.8, 4) is 0 Å². The number of aliphatic hydroxyl groups excluding tert-OH is 2. The van der Waals surface area contributed by atoms with Crippen molar-refractivity contribution in [1.29, 1.82) is 0 Å². The zero-order valence-electron chi connectivity index (χ0n) is 7.36. The van der Waals surface area contributed by atoms with E-state index in [0.717, 1.165) is 0 Å². The Kier molecular flexibility index (Phi) is 3.26. The standard InChI is InChI=1S/C6H10N4O4/c1-8-5(12)4-2(9-10-7)3(11)6(13)14-4/h2-4,6,11,13H,1H3,(H,8,12)/t2-,3+,4-,6?/m0/s1. The smallest absolute Gasteiger partial charge is 0.249 e. The number of nitrogens with zero attached hydrogens (tertiary/aromatic N) is 3. The van der Waals surface area contributed by atoms with Gasteiger partial charge in [-0.1, -0.05) is 5.11 Å². The maximum absolute atomic E-state index is 11.1. The molecule has 0 radical (unpaired) electrons. The van der Waals surface area contributed by atoms with Crippen LogP contribution in [0.4, 0.5) is 0 Å². The summed E-state index contributed by atoms with van der Waals surface area (Å²) in [5, 5.41) is 23.8. The van der Waals surface area contributed by atoms with Crippen molar-refractivity contribution in [1.82, 2.24) is 5.32 Å². The normalized spacial score (nSPS) is 36.2. The molecule has 8 heteroatoms. The number of ether oxygens (including phenoxy) is 1. The van der Waals surface area contributed by atoms with Gasteiger partial charge in [0.2, 0.25) is 5.91 Å². The van der Waals surface area contributed by atoms with Crippen LogP contribution in [0.3, 0.4) is 0 Å². The zero-order chi connectivity index (χ0) is 10.7. The number of nitrogens with one attached hydrogen (secondary N) is 1. The summed E-state index contributed by atoms with van der Waals surface area (Å²) in [4.78, 5) is 13.6. The summed E-state index contributed by atoms with van der Waals surface area (Å²) in [7, 11) is 1.37. The Hall–Kier alpha value is -1.34. The number of rotatable bonds is 2. The number of hydrogen-bond donors (Lipinski definition) is 3. The first-order valence-electron chi connectivity index (χ1n) is 3.89. The Bertz CT molecular complexity index is 277. The van der Waals surface area contributed by atoms with Crippen molar-refractivity contribution in [3.05, 3.63) is 10.4 Å². The minimum absolute atomic E-state index is 0.557. The molecule has 3 N–H and O–H groups in total. The third-order valence-electron chi connectivity index (χ3n) is 1.93. The molecule has 0 aromatic carbocycles. The van der Waals surface area contributed by atoms with Gasteiger partial charge in [0.1, 0.15) is 12.1 Å². The highest BCUT2D eigenvalue weighted by Crippen LogP contribution is 2.22. The monoisotopic (exact) mass is 202 g/mol. The van der Waals surface area contributed by atoms with Gasteiger partial charge >= 0.3 is 0 Å². The number of azide groups is 1. The van der Waals surface area contributed by atoms with E-state index in [4.69, 9.17) is 15.4 Å². The molecular formula is C6H10N4O4. The molecule has 0 aliphatic carbocycles. The maximum Gasteiger partial charge on any atom is 0.249 e. The highest BCUT2D eigenvalue weighted by Gasteiger charge is 2.45. The largest absolute Gasteiger partial charge is 0.387 e. The van der Waals surface area contributed by atoms with E-state index in [1.165, 1.54) is 7.05 Å². The lowest BCUT2D eigenvalue weighted by Crippen LogP contribution is -2.40. The van der Waals surface area contributed by atoms with Crippen molar-refractivity contribution in [2.24, 2.45) is 5.11 Å². The van der Waals surface area contributed by atoms with E-state index >= 15 is 0 Å². The molecule has 8 nitrogen and oxygen atoms in total. The molecule has 14 heavy (non-hydrogen) atoms. The quantitative estimate of drug-likeness (QED) is 0.285. The topological polar surface area (TPSA) is 128 Å². The predicted octanol–water partition coefficient (Wildman–Crippen LogP) is -1.51. The van der Waals surface area contributed by atoms with Crippen LogP contribution in [-0.4, -0.2) is 47.7 Å². The summed E-state index contributed by atoms with van der Waals surface area (Å²) in [6, 6.07) is -1.10. The van der Waals surface area contributed by atoms with E-state index in [1.54, 1.807) is 0 Å². The maximum atomic E-state index is 11.1. The first-order valence-corrected chi connectivity index (χ1v) is 3.89. The van der Waals surface area contributed by atoms with Gasteiger partial charge in [-0.3, -0.25) is 4.79 Å². The molecule has 78 valence electrons. The van der Waals surface area contributed by atoms with Gasteiger partial charge in [-0.05, 0) is 5.53 Å². The number of carbonyl (C=O) groups is 1. The minimum Gasteiger partial charge on any atom is -0.387 e. The molecular weight excluding hydrogens is 192 g/mol. The molecule has 1 aliphatic rings. The highest BCUT2D eigenvalue weighted by molar-refractivity contribution is 5.81. The molecule has 1 rings (SSSR count). The highest BCUT2D eigenvalue weighted by atomic mass is 16.6. The number of hydrogen-bond acceptors (Lipinski definition) is 5.